The molecule has 2 unspecified atom stereocenters. The summed E-state index contributed by atoms with van der Waals surface area (Å²) in [5.41, 5.74) is 16.1. The zero-order chi connectivity index (χ0) is 48.3. The second kappa shape index (κ2) is 19.4. The quantitative estimate of drug-likeness (QED) is 0.114. The molecule has 0 radical (unpaired) electrons. The van der Waals surface area contributed by atoms with Crippen molar-refractivity contribution in [1.82, 2.24) is 0 Å². The number of anilines is 7. The second-order valence-electron chi connectivity index (χ2n) is 19.0. The van der Waals surface area contributed by atoms with Gasteiger partial charge in [-0.25, -0.2) is 0 Å². The fourth-order valence-corrected chi connectivity index (χ4v) is 10.6. The monoisotopic (exact) mass is 915 g/mol. The summed E-state index contributed by atoms with van der Waals surface area (Å²) < 4.78 is 0. The van der Waals surface area contributed by atoms with E-state index < -0.39 is 0 Å². The minimum atomic E-state index is -0.316. The molecular formula is C68H57N3. The van der Waals surface area contributed by atoms with E-state index in [9.17, 15) is 0 Å². The van der Waals surface area contributed by atoms with Crippen molar-refractivity contribution >= 4 is 84.7 Å². The fourth-order valence-electron chi connectivity index (χ4n) is 10.6. The Morgan fingerprint density at radius 1 is 0.493 bits per heavy atom. The largest absolute Gasteiger partial charge is 0.331 e. The molecule has 2 aliphatic rings. The second-order valence-corrected chi connectivity index (χ2v) is 19.0. The maximum Gasteiger partial charge on any atom is 0.0643 e. The fraction of sp³-hybridized carbons (Fsp3) is 0.0882. The maximum absolute atomic E-state index is 4.08. The smallest absolute Gasteiger partial charge is 0.0643 e. The summed E-state index contributed by atoms with van der Waals surface area (Å²) >= 11 is 0. The van der Waals surface area contributed by atoms with Gasteiger partial charge in [-0.05, 0) is 143 Å². The van der Waals surface area contributed by atoms with Gasteiger partial charge in [0.25, 0.3) is 0 Å². The zero-order valence-electron chi connectivity index (χ0n) is 40.5. The van der Waals surface area contributed by atoms with Gasteiger partial charge >= 0.3 is 0 Å². The first-order chi connectivity index (χ1) is 34.9. The van der Waals surface area contributed by atoms with Crippen LogP contribution in [0.4, 0.5) is 39.8 Å². The number of nitrogens with zero attached hydrogens (tertiary/aromatic N) is 3. The van der Waals surface area contributed by atoms with E-state index in [1.54, 1.807) is 0 Å². The highest BCUT2D eigenvalue weighted by Gasteiger charge is 2.33. The van der Waals surface area contributed by atoms with Gasteiger partial charge in [0.05, 0.1) is 11.2 Å². The summed E-state index contributed by atoms with van der Waals surface area (Å²) in [6.45, 7) is 12.9. The summed E-state index contributed by atoms with van der Waals surface area (Å²) in [4.78, 5) is 7.30. The van der Waals surface area contributed by atoms with Crippen molar-refractivity contribution in [2.24, 2.45) is 5.92 Å². The molecule has 0 aromatic heterocycles. The summed E-state index contributed by atoms with van der Waals surface area (Å²) in [6, 6.07) is 76.8. The van der Waals surface area contributed by atoms with Crippen LogP contribution in [0, 0.1) is 5.92 Å². The molecule has 2 atom stereocenters. The van der Waals surface area contributed by atoms with Crippen LogP contribution in [0.25, 0.3) is 44.8 Å². The predicted octanol–water partition coefficient (Wildman–Crippen LogP) is 18.8. The van der Waals surface area contributed by atoms with E-state index in [2.05, 4.69) is 284 Å². The molecule has 3 heteroatoms. The van der Waals surface area contributed by atoms with Crippen molar-refractivity contribution in [3.05, 3.63) is 284 Å². The summed E-state index contributed by atoms with van der Waals surface area (Å²) in [7, 11) is 0. The lowest BCUT2D eigenvalue weighted by Gasteiger charge is -2.43. The van der Waals surface area contributed by atoms with Gasteiger partial charge in [0.15, 0.2) is 0 Å². The third kappa shape index (κ3) is 8.84. The Bertz CT molecular complexity index is 3550. The van der Waals surface area contributed by atoms with Crippen LogP contribution < -0.4 is 14.7 Å². The maximum atomic E-state index is 4.08. The summed E-state index contributed by atoms with van der Waals surface area (Å²) in [5.74, 6) is 0.265. The number of benzene rings is 9. The van der Waals surface area contributed by atoms with Crippen LogP contribution in [0.1, 0.15) is 48.9 Å². The molecule has 9 aromatic carbocycles. The van der Waals surface area contributed by atoms with Gasteiger partial charge in [0.2, 0.25) is 0 Å². The molecule has 3 nitrogen and oxygen atoms in total. The first kappa shape index (κ1) is 44.8. The third-order valence-corrected chi connectivity index (χ3v) is 14.3. The Morgan fingerprint density at radius 2 is 1.01 bits per heavy atom. The zero-order valence-corrected chi connectivity index (χ0v) is 40.5. The number of hydrogen-bond acceptors (Lipinski definition) is 3. The van der Waals surface area contributed by atoms with E-state index in [0.29, 0.717) is 0 Å². The number of rotatable bonds is 13. The molecule has 9 aromatic rings. The van der Waals surface area contributed by atoms with Gasteiger partial charge in [0, 0.05) is 56.5 Å². The molecule has 71 heavy (non-hydrogen) atoms. The molecular weight excluding hydrogens is 859 g/mol. The first-order valence-electron chi connectivity index (χ1n) is 24.7. The van der Waals surface area contributed by atoms with Crippen LogP contribution in [0.5, 0.6) is 0 Å². The SMILES string of the molecule is C=Cc1cccc(N(C2=CC=C(c3ccc(N(c4ccccc4)c4ccc(C5=CCC(C)(N(c6cccc(C=C)c6)c6cccc7ccccc67)C=C5)cc4)cc3)CC2C)c2cccc3ccccc23)c1. The lowest BCUT2D eigenvalue weighted by molar-refractivity contribution is 0.572. The van der Waals surface area contributed by atoms with E-state index in [1.807, 2.05) is 12.2 Å². The number of allylic oxidation sites excluding steroid dienone is 6. The first-order valence-corrected chi connectivity index (χ1v) is 24.7. The van der Waals surface area contributed by atoms with E-state index in [-0.39, 0.29) is 11.5 Å². The third-order valence-electron chi connectivity index (χ3n) is 14.3. The number of hydrogen-bond donors (Lipinski definition) is 0. The summed E-state index contributed by atoms with van der Waals surface area (Å²) in [6.07, 6.45) is 17.4. The van der Waals surface area contributed by atoms with Gasteiger partial charge in [-0.3, -0.25) is 0 Å². The van der Waals surface area contributed by atoms with Crippen molar-refractivity contribution in [1.29, 1.82) is 0 Å². The van der Waals surface area contributed by atoms with Crippen molar-refractivity contribution in [3.63, 3.8) is 0 Å². The molecule has 2 aliphatic carbocycles. The van der Waals surface area contributed by atoms with Crippen LogP contribution in [0.2, 0.25) is 0 Å². The highest BCUT2D eigenvalue weighted by molar-refractivity contribution is 5.99. The number of para-hydroxylation sites is 1. The van der Waals surface area contributed by atoms with Crippen LogP contribution >= 0.6 is 0 Å². The lowest BCUT2D eigenvalue weighted by Crippen LogP contribution is -2.42. The van der Waals surface area contributed by atoms with E-state index in [0.717, 1.165) is 52.4 Å². The molecule has 0 heterocycles. The lowest BCUT2D eigenvalue weighted by atomic mass is 9.85. The standard InChI is InChI=1S/C68H57N3/c1-5-50-18-14-26-61(47-50)70(66-30-16-22-55-20-10-12-28-63(55)66)65-41-36-57(46-49(65)3)53-34-39-60(40-35-53)69(58-24-8-7-9-25-58)59-37-32-52(33-38-59)54-42-44-68(4,45-43-54)71(62-27-15-19-51(6-2)48-62)67-31-17-23-56-21-11-13-29-64(56)67/h5-44,47-49H,1-2,45-46H2,3-4H3. The molecule has 0 N–H and O–H groups in total. The Labute approximate surface area is 419 Å². The van der Waals surface area contributed by atoms with Gasteiger partial charge in [-0.2, -0.15) is 0 Å². The topological polar surface area (TPSA) is 9.72 Å². The van der Waals surface area contributed by atoms with Crippen molar-refractivity contribution < 1.29 is 0 Å². The van der Waals surface area contributed by atoms with Crippen molar-refractivity contribution in [2.45, 2.75) is 32.2 Å². The van der Waals surface area contributed by atoms with Gasteiger partial charge in [-0.15, -0.1) is 0 Å². The van der Waals surface area contributed by atoms with Gasteiger partial charge < -0.3 is 14.7 Å². The minimum Gasteiger partial charge on any atom is -0.331 e. The molecule has 11 rings (SSSR count). The molecule has 0 spiro atoms. The Balaban J connectivity index is 0.873. The van der Waals surface area contributed by atoms with Crippen LogP contribution in [-0.2, 0) is 0 Å². The average molecular weight is 916 g/mol. The van der Waals surface area contributed by atoms with Crippen LogP contribution in [0.3, 0.4) is 0 Å². The van der Waals surface area contributed by atoms with E-state index >= 15 is 0 Å². The normalized spacial score (nSPS) is 16.4. The average Bonchev–Trinajstić information content (AvgIpc) is 3.43. The Hall–Kier alpha value is -8.66. The van der Waals surface area contributed by atoms with Gasteiger partial charge in [-0.1, -0.05) is 196 Å². The molecule has 0 saturated heterocycles. The molecule has 0 bridgehead atoms. The highest BCUT2D eigenvalue weighted by Crippen LogP contribution is 2.45. The van der Waals surface area contributed by atoms with Crippen molar-refractivity contribution in [2.75, 3.05) is 14.7 Å². The van der Waals surface area contributed by atoms with Crippen molar-refractivity contribution in [3.8, 4) is 0 Å². The molecule has 0 saturated carbocycles. The predicted molar refractivity (Wildman–Crippen MR) is 306 cm³/mol. The molecule has 0 aliphatic heterocycles. The van der Waals surface area contributed by atoms with Crippen LogP contribution in [-0.4, -0.2) is 5.54 Å². The minimum absolute atomic E-state index is 0.265. The van der Waals surface area contributed by atoms with Crippen LogP contribution in [0.15, 0.2) is 262 Å². The molecule has 0 amide bonds. The summed E-state index contributed by atoms with van der Waals surface area (Å²) in [5, 5.41) is 4.91. The highest BCUT2D eigenvalue weighted by atomic mass is 15.2. The molecule has 0 fully saturated rings. The van der Waals surface area contributed by atoms with Gasteiger partial charge in [0.1, 0.15) is 0 Å². The van der Waals surface area contributed by atoms with E-state index in [4.69, 9.17) is 0 Å². The molecule has 344 valence electrons. The Morgan fingerprint density at radius 3 is 1.63 bits per heavy atom. The van der Waals surface area contributed by atoms with E-state index in [1.165, 1.54) is 60.9 Å². The Kier molecular flexibility index (Phi) is 12.2. The number of fused-ring (bicyclic) bond motifs is 2.